The summed E-state index contributed by atoms with van der Waals surface area (Å²) in [5.74, 6) is 0. The average molecular weight is 315 g/mol. The van der Waals surface area contributed by atoms with E-state index in [0.717, 1.165) is 18.7 Å². The number of amides is 1. The van der Waals surface area contributed by atoms with Crippen LogP contribution < -0.4 is 10.6 Å². The number of hydrogen-bond donors (Lipinski definition) is 3. The smallest absolute Gasteiger partial charge is 0.407 e. The molecule has 0 saturated carbocycles. The highest BCUT2D eigenvalue weighted by Gasteiger charge is 2.15. The molecule has 23 heavy (non-hydrogen) atoms. The third kappa shape index (κ3) is 6.57. The molecule has 0 spiro atoms. The zero-order valence-corrected chi connectivity index (χ0v) is 14.0. The van der Waals surface area contributed by atoms with Crippen LogP contribution in [0, 0.1) is 0 Å². The molecule has 0 bridgehead atoms. The Labute approximate surface area is 137 Å². The van der Waals surface area contributed by atoms with Crippen molar-refractivity contribution < 1.29 is 9.53 Å². The van der Waals surface area contributed by atoms with Crippen LogP contribution in [0.3, 0.4) is 0 Å². The van der Waals surface area contributed by atoms with Gasteiger partial charge in [0, 0.05) is 31.5 Å². The summed E-state index contributed by atoms with van der Waals surface area (Å²) >= 11 is 0. The Bertz CT molecular complexity index is 598. The van der Waals surface area contributed by atoms with Gasteiger partial charge in [0.05, 0.1) is 0 Å². The Morgan fingerprint density at radius 2 is 1.70 bits per heavy atom. The maximum Gasteiger partial charge on any atom is 0.407 e. The molecule has 2 rings (SSSR count). The highest BCUT2D eigenvalue weighted by molar-refractivity contribution is 5.67. The lowest BCUT2D eigenvalue weighted by molar-refractivity contribution is 0.0523. The van der Waals surface area contributed by atoms with Crippen LogP contribution in [0.15, 0.2) is 42.6 Å². The number of aromatic nitrogens is 1. The van der Waals surface area contributed by atoms with E-state index in [1.807, 2.05) is 45.2 Å². The van der Waals surface area contributed by atoms with E-state index >= 15 is 0 Å². The van der Waals surface area contributed by atoms with Gasteiger partial charge in [-0.1, -0.05) is 24.3 Å². The van der Waals surface area contributed by atoms with Crippen LogP contribution in [0.2, 0.25) is 0 Å². The summed E-state index contributed by atoms with van der Waals surface area (Å²) in [6.07, 6.45) is 1.53. The van der Waals surface area contributed by atoms with E-state index in [-0.39, 0.29) is 0 Å². The molecule has 124 valence electrons. The number of benzene rings is 1. The molecule has 0 fully saturated rings. The Morgan fingerprint density at radius 1 is 1.04 bits per heavy atom. The number of carbonyl (C=O) groups is 1. The van der Waals surface area contributed by atoms with Gasteiger partial charge in [-0.25, -0.2) is 4.79 Å². The van der Waals surface area contributed by atoms with Gasteiger partial charge in [-0.05, 0) is 44.0 Å². The quantitative estimate of drug-likeness (QED) is 0.766. The maximum atomic E-state index is 11.6. The Hall–Kier alpha value is -2.27. The minimum Gasteiger partial charge on any atom is -0.444 e. The van der Waals surface area contributed by atoms with Crippen molar-refractivity contribution >= 4 is 6.09 Å². The highest BCUT2D eigenvalue weighted by Crippen LogP contribution is 2.08. The first kappa shape index (κ1) is 17.1. The van der Waals surface area contributed by atoms with Crippen LogP contribution in [0.4, 0.5) is 4.79 Å². The van der Waals surface area contributed by atoms with Gasteiger partial charge >= 0.3 is 6.09 Å². The Morgan fingerprint density at radius 3 is 2.26 bits per heavy atom. The number of H-pyrrole nitrogens is 1. The first-order chi connectivity index (χ1) is 10.9. The fourth-order valence-electron chi connectivity index (χ4n) is 2.08. The van der Waals surface area contributed by atoms with Gasteiger partial charge in [-0.3, -0.25) is 0 Å². The topological polar surface area (TPSA) is 66.2 Å². The number of ether oxygens (including phenoxy) is 1. The van der Waals surface area contributed by atoms with Crippen LogP contribution in [0.25, 0.3) is 0 Å². The van der Waals surface area contributed by atoms with Crippen molar-refractivity contribution in [3.63, 3.8) is 0 Å². The van der Waals surface area contributed by atoms with Crippen molar-refractivity contribution in [1.82, 2.24) is 15.6 Å². The van der Waals surface area contributed by atoms with E-state index in [9.17, 15) is 4.79 Å². The molecule has 0 aliphatic carbocycles. The normalized spacial score (nSPS) is 11.3. The van der Waals surface area contributed by atoms with Crippen LogP contribution >= 0.6 is 0 Å². The zero-order valence-electron chi connectivity index (χ0n) is 14.0. The maximum absolute atomic E-state index is 11.6. The first-order valence-corrected chi connectivity index (χ1v) is 7.80. The standard InChI is InChI=1S/C18H25N3O2/c1-18(2,3)23-17(22)21-12-15-8-6-14(7-9-15)11-19-13-16-5-4-10-20-16/h4-10,19-20H,11-13H2,1-3H3,(H,21,22). The molecule has 0 aliphatic heterocycles. The number of rotatable bonds is 6. The van der Waals surface area contributed by atoms with E-state index in [1.165, 1.54) is 11.3 Å². The summed E-state index contributed by atoms with van der Waals surface area (Å²) in [4.78, 5) is 14.8. The van der Waals surface area contributed by atoms with Crippen LogP contribution in [0.5, 0.6) is 0 Å². The summed E-state index contributed by atoms with van der Waals surface area (Å²) in [6.45, 7) is 7.63. The Balaban J connectivity index is 1.72. The predicted molar refractivity (Wildman–Crippen MR) is 90.9 cm³/mol. The van der Waals surface area contributed by atoms with Gasteiger partial charge in [-0.15, -0.1) is 0 Å². The highest BCUT2D eigenvalue weighted by atomic mass is 16.6. The van der Waals surface area contributed by atoms with E-state index in [0.29, 0.717) is 6.54 Å². The van der Waals surface area contributed by atoms with Crippen LogP contribution in [0.1, 0.15) is 37.6 Å². The van der Waals surface area contributed by atoms with Crippen LogP contribution in [-0.4, -0.2) is 16.7 Å². The summed E-state index contributed by atoms with van der Waals surface area (Å²) in [7, 11) is 0. The van der Waals surface area contributed by atoms with Crippen molar-refractivity contribution in [2.24, 2.45) is 0 Å². The molecule has 0 saturated heterocycles. The third-order valence-electron chi connectivity index (χ3n) is 3.17. The van der Waals surface area contributed by atoms with E-state index in [4.69, 9.17) is 4.74 Å². The first-order valence-electron chi connectivity index (χ1n) is 7.80. The lowest BCUT2D eigenvalue weighted by Crippen LogP contribution is -2.32. The van der Waals surface area contributed by atoms with Crippen molar-refractivity contribution in [3.8, 4) is 0 Å². The summed E-state index contributed by atoms with van der Waals surface area (Å²) in [5, 5.41) is 6.13. The monoisotopic (exact) mass is 315 g/mol. The van der Waals surface area contributed by atoms with Crippen molar-refractivity contribution in [1.29, 1.82) is 0 Å². The van der Waals surface area contributed by atoms with Gasteiger partial charge < -0.3 is 20.4 Å². The second-order valence-electron chi connectivity index (χ2n) is 6.47. The molecule has 0 radical (unpaired) electrons. The van der Waals surface area contributed by atoms with Gasteiger partial charge in [0.25, 0.3) is 0 Å². The number of carbonyl (C=O) groups excluding carboxylic acids is 1. The molecule has 1 aromatic heterocycles. The van der Waals surface area contributed by atoms with E-state index in [2.05, 4.69) is 33.8 Å². The minimum absolute atomic E-state index is 0.394. The number of hydrogen-bond acceptors (Lipinski definition) is 3. The van der Waals surface area contributed by atoms with Gasteiger partial charge in [0.15, 0.2) is 0 Å². The zero-order chi connectivity index (χ0) is 16.7. The predicted octanol–water partition coefficient (Wildman–Crippen LogP) is 3.33. The molecule has 2 aromatic rings. The average Bonchev–Trinajstić information content (AvgIpc) is 2.98. The SMILES string of the molecule is CC(C)(C)OC(=O)NCc1ccc(CNCc2ccc[nH]2)cc1. The summed E-state index contributed by atoms with van der Waals surface area (Å²) < 4.78 is 5.21. The van der Waals surface area contributed by atoms with Crippen molar-refractivity contribution in [2.75, 3.05) is 0 Å². The van der Waals surface area contributed by atoms with Crippen LogP contribution in [-0.2, 0) is 24.4 Å². The van der Waals surface area contributed by atoms with E-state index < -0.39 is 11.7 Å². The van der Waals surface area contributed by atoms with Gasteiger partial charge in [-0.2, -0.15) is 0 Å². The molecule has 3 N–H and O–H groups in total. The number of alkyl carbamates (subject to hydrolysis) is 1. The molecule has 1 aromatic carbocycles. The number of aromatic amines is 1. The van der Waals surface area contributed by atoms with Gasteiger partial charge in [0.2, 0.25) is 0 Å². The molecule has 0 atom stereocenters. The molecule has 1 amide bonds. The van der Waals surface area contributed by atoms with Gasteiger partial charge in [0.1, 0.15) is 5.60 Å². The molecule has 5 nitrogen and oxygen atoms in total. The third-order valence-corrected chi connectivity index (χ3v) is 3.17. The minimum atomic E-state index is -0.473. The second kappa shape index (κ2) is 7.83. The summed E-state index contributed by atoms with van der Waals surface area (Å²) in [6, 6.07) is 12.2. The molecule has 0 unspecified atom stereocenters. The Kier molecular flexibility index (Phi) is 5.82. The molecule has 0 aliphatic rings. The largest absolute Gasteiger partial charge is 0.444 e. The second-order valence-corrected chi connectivity index (χ2v) is 6.47. The fraction of sp³-hybridized carbons (Fsp3) is 0.389. The molecule has 1 heterocycles. The van der Waals surface area contributed by atoms with Crippen molar-refractivity contribution in [3.05, 3.63) is 59.4 Å². The lowest BCUT2D eigenvalue weighted by atomic mass is 10.1. The fourth-order valence-corrected chi connectivity index (χ4v) is 2.08. The number of nitrogens with one attached hydrogen (secondary N) is 3. The van der Waals surface area contributed by atoms with E-state index in [1.54, 1.807) is 0 Å². The molecular weight excluding hydrogens is 290 g/mol. The lowest BCUT2D eigenvalue weighted by Gasteiger charge is -2.19. The van der Waals surface area contributed by atoms with Crippen molar-refractivity contribution in [2.45, 2.75) is 46.0 Å². The summed E-state index contributed by atoms with van der Waals surface area (Å²) in [5.41, 5.74) is 2.95. The molecule has 5 heteroatoms. The molecular formula is C18H25N3O2.